The van der Waals surface area contributed by atoms with Crippen LogP contribution >= 0.6 is 69.6 Å². The maximum atomic E-state index is 12.0. The third-order valence-electron chi connectivity index (χ3n) is 3.25. The standard InChI is InChI=1S/C12Cl6O6/c13-11(14,15)5-1-2(8(20)23-7(1)19)6(12(16,17)18)4-3(5)9(21)24-10(4)22. The lowest BCUT2D eigenvalue weighted by molar-refractivity contribution is 0.498. The van der Waals surface area contributed by atoms with Crippen molar-refractivity contribution in [1.82, 2.24) is 0 Å². The summed E-state index contributed by atoms with van der Waals surface area (Å²) in [5, 5.41) is -2.31. The highest BCUT2D eigenvalue weighted by Crippen LogP contribution is 2.49. The molecule has 2 heterocycles. The van der Waals surface area contributed by atoms with Crippen molar-refractivity contribution in [3.8, 4) is 0 Å². The first-order chi connectivity index (χ1) is 10.9. The molecule has 3 rings (SSSR count). The molecular weight excluding hydrogens is 453 g/mol. The van der Waals surface area contributed by atoms with E-state index in [1.165, 1.54) is 0 Å². The molecule has 0 amide bonds. The number of fused-ring (bicyclic) bond motifs is 2. The van der Waals surface area contributed by atoms with Crippen LogP contribution in [0.2, 0.25) is 0 Å². The van der Waals surface area contributed by atoms with Crippen LogP contribution in [0.3, 0.4) is 0 Å². The first-order valence-electron chi connectivity index (χ1n) is 5.77. The van der Waals surface area contributed by atoms with Crippen molar-refractivity contribution >= 4 is 91.2 Å². The first kappa shape index (κ1) is 18.0. The molecule has 0 N–H and O–H groups in total. The number of halogens is 6. The van der Waals surface area contributed by atoms with Crippen molar-refractivity contribution in [2.75, 3.05) is 0 Å². The van der Waals surface area contributed by atoms with Gasteiger partial charge in [-0.3, -0.25) is 0 Å². The van der Waals surface area contributed by atoms with E-state index < -0.39 is 62.8 Å². The fourth-order valence-electron chi connectivity index (χ4n) is 2.51. The molecule has 12 heteroatoms. The number of hydrogen-bond acceptors (Lipinski definition) is 6. The maximum absolute atomic E-state index is 12.0. The van der Waals surface area contributed by atoms with Crippen LogP contribution in [0.25, 0.3) is 21.5 Å². The predicted molar refractivity (Wildman–Crippen MR) is 91.9 cm³/mol. The average Bonchev–Trinajstić information content (AvgIpc) is 2.84. The zero-order valence-electron chi connectivity index (χ0n) is 10.7. The highest BCUT2D eigenvalue weighted by Gasteiger charge is 2.41. The van der Waals surface area contributed by atoms with Gasteiger partial charge in [-0.05, 0) is 0 Å². The Morgan fingerprint density at radius 2 is 0.708 bits per heavy atom. The van der Waals surface area contributed by atoms with Gasteiger partial charge in [-0.1, -0.05) is 69.6 Å². The van der Waals surface area contributed by atoms with Gasteiger partial charge in [0.25, 0.3) is 0 Å². The van der Waals surface area contributed by atoms with E-state index in [0.717, 1.165) is 0 Å². The molecular formula is C12Cl6O6. The molecule has 0 unspecified atom stereocenters. The maximum Gasteiger partial charge on any atom is 0.347 e. The largest absolute Gasteiger partial charge is 0.386 e. The molecule has 0 aliphatic rings. The summed E-state index contributed by atoms with van der Waals surface area (Å²) >= 11 is 34.9. The summed E-state index contributed by atoms with van der Waals surface area (Å²) < 4.78 is 4.16. The summed E-state index contributed by atoms with van der Waals surface area (Å²) in [6.07, 6.45) is 0. The molecule has 6 nitrogen and oxygen atoms in total. The summed E-state index contributed by atoms with van der Waals surface area (Å²) in [4.78, 5) is 48.1. The molecule has 0 saturated carbocycles. The fraction of sp³-hybridized carbons (Fsp3) is 0.167. The topological polar surface area (TPSA) is 94.6 Å². The molecule has 0 spiro atoms. The normalized spacial score (nSPS) is 13.2. The van der Waals surface area contributed by atoms with E-state index in [0.29, 0.717) is 0 Å². The van der Waals surface area contributed by atoms with Gasteiger partial charge in [0.2, 0.25) is 7.59 Å². The molecule has 126 valence electrons. The average molecular weight is 453 g/mol. The predicted octanol–water partition coefficient (Wildman–Crippen LogP) is 3.15. The van der Waals surface area contributed by atoms with E-state index in [4.69, 9.17) is 69.6 Å². The highest BCUT2D eigenvalue weighted by molar-refractivity contribution is 6.69. The first-order valence-corrected chi connectivity index (χ1v) is 8.03. The van der Waals surface area contributed by atoms with Gasteiger partial charge in [-0.25, -0.2) is 19.2 Å². The molecule has 0 atom stereocenters. The van der Waals surface area contributed by atoms with Crippen LogP contribution < -0.4 is 22.5 Å². The summed E-state index contributed by atoms with van der Waals surface area (Å²) in [6.45, 7) is 0. The van der Waals surface area contributed by atoms with E-state index in [2.05, 4.69) is 8.83 Å². The van der Waals surface area contributed by atoms with E-state index in [9.17, 15) is 19.2 Å². The zero-order valence-corrected chi connectivity index (χ0v) is 15.3. The number of benzene rings is 1. The number of alkyl halides is 6. The van der Waals surface area contributed by atoms with E-state index in [1.54, 1.807) is 0 Å². The number of hydrogen-bond donors (Lipinski definition) is 0. The van der Waals surface area contributed by atoms with Crippen molar-refractivity contribution in [3.63, 3.8) is 0 Å². The molecule has 0 bridgehead atoms. The lowest BCUT2D eigenvalue weighted by atomic mass is 9.98. The fourth-order valence-corrected chi connectivity index (χ4v) is 3.64. The molecule has 0 radical (unpaired) electrons. The number of rotatable bonds is 0. The Kier molecular flexibility index (Phi) is 4.03. The highest BCUT2D eigenvalue weighted by atomic mass is 35.6. The minimum atomic E-state index is -2.38. The van der Waals surface area contributed by atoms with Crippen molar-refractivity contribution in [2.24, 2.45) is 0 Å². The van der Waals surface area contributed by atoms with Crippen LogP contribution in [0, 0.1) is 0 Å². The minimum Gasteiger partial charge on any atom is -0.386 e. The van der Waals surface area contributed by atoms with Crippen LogP contribution in [-0.4, -0.2) is 0 Å². The Bertz CT molecular complexity index is 1030. The molecule has 0 fully saturated rings. The summed E-state index contributed by atoms with van der Waals surface area (Å²) in [5.74, 6) is 0. The molecule has 0 aliphatic heterocycles. The van der Waals surface area contributed by atoms with Crippen LogP contribution in [0.5, 0.6) is 0 Å². The summed E-state index contributed by atoms with van der Waals surface area (Å²) in [5.41, 5.74) is -5.99. The van der Waals surface area contributed by atoms with Crippen molar-refractivity contribution < 1.29 is 8.83 Å². The van der Waals surface area contributed by atoms with E-state index >= 15 is 0 Å². The quantitative estimate of drug-likeness (QED) is 0.486. The van der Waals surface area contributed by atoms with Gasteiger partial charge in [-0.2, -0.15) is 0 Å². The van der Waals surface area contributed by atoms with Gasteiger partial charge in [-0.15, -0.1) is 0 Å². The summed E-state index contributed by atoms with van der Waals surface area (Å²) in [7, 11) is 0. The molecule has 3 aromatic rings. The Hall–Kier alpha value is -0.760. The second-order valence-electron chi connectivity index (χ2n) is 4.60. The third kappa shape index (κ3) is 2.48. The minimum absolute atomic E-state index is 0.554. The molecule has 0 saturated heterocycles. The van der Waals surface area contributed by atoms with Crippen molar-refractivity contribution in [1.29, 1.82) is 0 Å². The van der Waals surface area contributed by atoms with Gasteiger partial charge >= 0.3 is 22.5 Å². The third-order valence-corrected chi connectivity index (χ3v) is 4.39. The SMILES string of the molecule is O=c1oc(=O)c2c(C(Cl)(Cl)Cl)c3c(=O)oc(=O)c3c(C(Cl)(Cl)Cl)c12. The van der Waals surface area contributed by atoms with Crippen LogP contribution in [0.4, 0.5) is 0 Å². The zero-order chi connectivity index (χ0) is 18.2. The second-order valence-corrected chi connectivity index (χ2v) is 9.16. The monoisotopic (exact) mass is 450 g/mol. The van der Waals surface area contributed by atoms with Gasteiger partial charge in [0.1, 0.15) is 0 Å². The molecule has 24 heavy (non-hydrogen) atoms. The lowest BCUT2D eigenvalue weighted by Crippen LogP contribution is -2.15. The van der Waals surface area contributed by atoms with E-state index in [1.807, 2.05) is 0 Å². The van der Waals surface area contributed by atoms with E-state index in [-0.39, 0.29) is 0 Å². The van der Waals surface area contributed by atoms with Gasteiger partial charge in [0, 0.05) is 11.1 Å². The Morgan fingerprint density at radius 1 is 0.500 bits per heavy atom. The number of furan rings is 2. The summed E-state index contributed by atoms with van der Waals surface area (Å²) in [6, 6.07) is 0. The van der Waals surface area contributed by atoms with Gasteiger partial charge < -0.3 is 8.83 Å². The molecule has 2 aromatic heterocycles. The Morgan fingerprint density at radius 3 is 0.875 bits per heavy atom. The Labute approximate surface area is 160 Å². The van der Waals surface area contributed by atoms with Crippen LogP contribution in [-0.2, 0) is 7.59 Å². The van der Waals surface area contributed by atoms with Crippen LogP contribution in [0.15, 0.2) is 28.0 Å². The molecule has 1 aromatic carbocycles. The smallest absolute Gasteiger partial charge is 0.347 e. The molecule has 0 aliphatic carbocycles. The van der Waals surface area contributed by atoms with Gasteiger partial charge in [0.05, 0.1) is 21.5 Å². The second kappa shape index (κ2) is 5.37. The van der Waals surface area contributed by atoms with Crippen molar-refractivity contribution in [3.05, 3.63) is 52.8 Å². The Balaban J connectivity index is 2.93. The van der Waals surface area contributed by atoms with Crippen LogP contribution in [0.1, 0.15) is 11.1 Å². The lowest BCUT2D eigenvalue weighted by Gasteiger charge is -2.17. The van der Waals surface area contributed by atoms with Gasteiger partial charge in [0.15, 0.2) is 0 Å². The van der Waals surface area contributed by atoms with Crippen molar-refractivity contribution in [2.45, 2.75) is 7.59 Å².